The van der Waals surface area contributed by atoms with Crippen LogP contribution in [-0.2, 0) is 14.3 Å². The van der Waals surface area contributed by atoms with Gasteiger partial charge in [0.25, 0.3) is 0 Å². The second kappa shape index (κ2) is 7.61. The molecule has 0 amide bonds. The molecule has 0 radical (unpaired) electrons. The smallest absolute Gasteiger partial charge is 0.330 e. The Morgan fingerprint density at radius 1 is 1.23 bits per heavy atom. The van der Waals surface area contributed by atoms with Gasteiger partial charge in [-0.05, 0) is 42.5 Å². The van der Waals surface area contributed by atoms with Gasteiger partial charge in [-0.2, -0.15) is 0 Å². The van der Waals surface area contributed by atoms with Gasteiger partial charge in [-0.25, -0.2) is 4.79 Å². The van der Waals surface area contributed by atoms with Crippen LogP contribution in [0.5, 0.6) is 5.75 Å². The highest BCUT2D eigenvalue weighted by molar-refractivity contribution is 5.98. The SMILES string of the molecule is CCOC(=O)C=Cc1cc(C)c(OCOC)c2ccccc12. The quantitative estimate of drug-likeness (QED) is 0.463. The van der Waals surface area contributed by atoms with Crippen LogP contribution in [0.25, 0.3) is 16.8 Å². The highest BCUT2D eigenvalue weighted by Crippen LogP contribution is 2.33. The molecule has 2 rings (SSSR count). The minimum absolute atomic E-state index is 0.197. The number of aryl methyl sites for hydroxylation is 1. The third-order valence-electron chi connectivity index (χ3n) is 3.22. The number of methoxy groups -OCH3 is 1. The summed E-state index contributed by atoms with van der Waals surface area (Å²) in [5.41, 5.74) is 1.94. The van der Waals surface area contributed by atoms with E-state index in [-0.39, 0.29) is 12.8 Å². The minimum Gasteiger partial charge on any atom is -0.467 e. The lowest BCUT2D eigenvalue weighted by atomic mass is 9.99. The van der Waals surface area contributed by atoms with Gasteiger partial charge in [0.05, 0.1) is 6.61 Å². The number of carbonyl (C=O) groups excluding carboxylic acids is 1. The van der Waals surface area contributed by atoms with E-state index in [9.17, 15) is 4.79 Å². The Balaban J connectivity index is 2.46. The van der Waals surface area contributed by atoms with Crippen molar-refractivity contribution in [1.29, 1.82) is 0 Å². The van der Waals surface area contributed by atoms with Crippen LogP contribution in [0.3, 0.4) is 0 Å². The lowest BCUT2D eigenvalue weighted by Crippen LogP contribution is -2.02. The van der Waals surface area contributed by atoms with Gasteiger partial charge in [0, 0.05) is 18.6 Å². The van der Waals surface area contributed by atoms with E-state index in [1.165, 1.54) is 6.08 Å². The highest BCUT2D eigenvalue weighted by atomic mass is 16.7. The van der Waals surface area contributed by atoms with Crippen LogP contribution >= 0.6 is 0 Å². The molecule has 0 aromatic heterocycles. The van der Waals surface area contributed by atoms with E-state index >= 15 is 0 Å². The van der Waals surface area contributed by atoms with Crippen LogP contribution in [0.15, 0.2) is 36.4 Å². The molecule has 4 nitrogen and oxygen atoms in total. The van der Waals surface area contributed by atoms with Crippen molar-refractivity contribution in [3.05, 3.63) is 47.5 Å². The first-order chi connectivity index (χ1) is 10.7. The maximum Gasteiger partial charge on any atom is 0.330 e. The number of benzene rings is 2. The molecule has 2 aromatic rings. The average Bonchev–Trinajstić information content (AvgIpc) is 2.52. The van der Waals surface area contributed by atoms with Gasteiger partial charge >= 0.3 is 5.97 Å². The topological polar surface area (TPSA) is 44.8 Å². The van der Waals surface area contributed by atoms with Crippen molar-refractivity contribution in [2.24, 2.45) is 0 Å². The van der Waals surface area contributed by atoms with E-state index in [0.29, 0.717) is 6.61 Å². The Morgan fingerprint density at radius 2 is 1.95 bits per heavy atom. The monoisotopic (exact) mass is 300 g/mol. The molecule has 0 fully saturated rings. The molecule has 0 aliphatic heterocycles. The van der Waals surface area contributed by atoms with Gasteiger partial charge in [0.2, 0.25) is 0 Å². The third-order valence-corrected chi connectivity index (χ3v) is 3.22. The van der Waals surface area contributed by atoms with Gasteiger partial charge in [0.1, 0.15) is 5.75 Å². The Kier molecular flexibility index (Phi) is 5.55. The molecule has 22 heavy (non-hydrogen) atoms. The summed E-state index contributed by atoms with van der Waals surface area (Å²) in [6.45, 7) is 4.32. The maximum atomic E-state index is 11.5. The Labute approximate surface area is 130 Å². The zero-order valence-corrected chi connectivity index (χ0v) is 13.1. The standard InChI is InChI=1S/C18H20O4/c1-4-21-17(19)10-9-14-11-13(2)18(22-12-20-3)16-8-6-5-7-15(14)16/h5-11H,4,12H2,1-3H3. The third kappa shape index (κ3) is 3.65. The molecule has 0 spiro atoms. The first-order valence-electron chi connectivity index (χ1n) is 7.16. The zero-order valence-electron chi connectivity index (χ0n) is 13.1. The van der Waals surface area contributed by atoms with Crippen LogP contribution in [0, 0.1) is 6.92 Å². The second-order valence-corrected chi connectivity index (χ2v) is 4.79. The zero-order chi connectivity index (χ0) is 15.9. The summed E-state index contributed by atoms with van der Waals surface area (Å²) in [5.74, 6) is 0.453. The Morgan fingerprint density at radius 3 is 2.64 bits per heavy atom. The molecule has 0 unspecified atom stereocenters. The fourth-order valence-electron chi connectivity index (χ4n) is 2.32. The summed E-state index contributed by atoms with van der Waals surface area (Å²) in [4.78, 5) is 11.5. The number of hydrogen-bond donors (Lipinski definition) is 0. The predicted molar refractivity (Wildman–Crippen MR) is 86.9 cm³/mol. The molecule has 0 heterocycles. The van der Waals surface area contributed by atoms with Gasteiger partial charge in [-0.1, -0.05) is 24.3 Å². The first-order valence-corrected chi connectivity index (χ1v) is 7.16. The summed E-state index contributed by atoms with van der Waals surface area (Å²) in [6.07, 6.45) is 3.22. The molecule has 0 saturated heterocycles. The van der Waals surface area contributed by atoms with E-state index < -0.39 is 0 Å². The summed E-state index contributed by atoms with van der Waals surface area (Å²) in [7, 11) is 1.59. The molecule has 0 saturated carbocycles. The van der Waals surface area contributed by atoms with Crippen molar-refractivity contribution >= 4 is 22.8 Å². The number of esters is 1. The molecule has 4 heteroatoms. The Hall–Kier alpha value is -2.33. The van der Waals surface area contributed by atoms with Crippen molar-refractivity contribution in [2.75, 3.05) is 20.5 Å². The fourth-order valence-corrected chi connectivity index (χ4v) is 2.32. The van der Waals surface area contributed by atoms with Gasteiger partial charge in [0.15, 0.2) is 6.79 Å². The highest BCUT2D eigenvalue weighted by Gasteiger charge is 2.09. The van der Waals surface area contributed by atoms with Crippen molar-refractivity contribution in [3.63, 3.8) is 0 Å². The first kappa shape index (κ1) is 16.0. The largest absolute Gasteiger partial charge is 0.467 e. The molecule has 0 aliphatic rings. The number of carbonyl (C=O) groups is 1. The number of ether oxygens (including phenoxy) is 3. The van der Waals surface area contributed by atoms with Crippen molar-refractivity contribution in [2.45, 2.75) is 13.8 Å². The lowest BCUT2D eigenvalue weighted by Gasteiger charge is -2.13. The minimum atomic E-state index is -0.344. The predicted octanol–water partition coefficient (Wildman–Crippen LogP) is 3.71. The molecule has 0 N–H and O–H groups in total. The second-order valence-electron chi connectivity index (χ2n) is 4.79. The molecule has 0 atom stereocenters. The maximum absolute atomic E-state index is 11.5. The van der Waals surface area contributed by atoms with Gasteiger partial charge in [-0.15, -0.1) is 0 Å². The van der Waals surface area contributed by atoms with Crippen LogP contribution < -0.4 is 4.74 Å². The van der Waals surface area contributed by atoms with Crippen molar-refractivity contribution in [3.8, 4) is 5.75 Å². The van der Waals surface area contributed by atoms with E-state index in [1.807, 2.05) is 37.3 Å². The number of fused-ring (bicyclic) bond motifs is 1. The average molecular weight is 300 g/mol. The van der Waals surface area contributed by atoms with Crippen LogP contribution in [0.4, 0.5) is 0 Å². The molecule has 0 bridgehead atoms. The summed E-state index contributed by atoms with van der Waals surface area (Å²) in [5, 5.41) is 2.00. The van der Waals surface area contributed by atoms with Gasteiger partial charge in [-0.3, -0.25) is 0 Å². The molecule has 2 aromatic carbocycles. The number of rotatable bonds is 6. The van der Waals surface area contributed by atoms with E-state index in [2.05, 4.69) is 0 Å². The van der Waals surface area contributed by atoms with Crippen LogP contribution in [0.1, 0.15) is 18.1 Å². The van der Waals surface area contributed by atoms with E-state index in [0.717, 1.165) is 27.6 Å². The molecule has 116 valence electrons. The lowest BCUT2D eigenvalue weighted by molar-refractivity contribution is -0.137. The summed E-state index contributed by atoms with van der Waals surface area (Å²) >= 11 is 0. The van der Waals surface area contributed by atoms with Gasteiger partial charge < -0.3 is 14.2 Å². The van der Waals surface area contributed by atoms with E-state index in [4.69, 9.17) is 14.2 Å². The van der Waals surface area contributed by atoms with Crippen LogP contribution in [-0.4, -0.2) is 26.5 Å². The number of hydrogen-bond acceptors (Lipinski definition) is 4. The molecular formula is C18H20O4. The normalized spacial score (nSPS) is 11.0. The van der Waals surface area contributed by atoms with Crippen LogP contribution in [0.2, 0.25) is 0 Å². The molecule has 0 aliphatic carbocycles. The van der Waals surface area contributed by atoms with Crippen molar-refractivity contribution in [1.82, 2.24) is 0 Å². The van der Waals surface area contributed by atoms with Crippen molar-refractivity contribution < 1.29 is 19.0 Å². The fraction of sp³-hybridized carbons (Fsp3) is 0.278. The molecular weight excluding hydrogens is 280 g/mol. The van der Waals surface area contributed by atoms with E-state index in [1.54, 1.807) is 20.1 Å². The summed E-state index contributed by atoms with van der Waals surface area (Å²) in [6, 6.07) is 9.90. The summed E-state index contributed by atoms with van der Waals surface area (Å²) < 4.78 is 15.6. The Bertz CT molecular complexity index is 689.